The molecule has 1 aromatic heterocycles. The Morgan fingerprint density at radius 1 is 1.27 bits per heavy atom. The minimum atomic E-state index is -0.385. The van der Waals surface area contributed by atoms with Crippen molar-refractivity contribution >= 4 is 5.91 Å². The Morgan fingerprint density at radius 2 is 2.10 bits per heavy atom. The molecule has 0 radical (unpaired) electrons. The number of rotatable bonds is 6. The quantitative estimate of drug-likeness (QED) is 0.713. The topological polar surface area (TPSA) is 86.5 Å². The number of amides is 1. The summed E-state index contributed by atoms with van der Waals surface area (Å²) in [6, 6.07) is 10.6. The molecular formula is C22H30N6O2. The van der Waals surface area contributed by atoms with Crippen LogP contribution in [0.15, 0.2) is 36.7 Å². The molecule has 1 aromatic carbocycles. The maximum Gasteiger partial charge on any atom is 0.234 e. The molecule has 8 nitrogen and oxygen atoms in total. The van der Waals surface area contributed by atoms with E-state index in [-0.39, 0.29) is 17.4 Å². The molecule has 1 saturated carbocycles. The molecule has 3 heterocycles. The number of β-amino-alcohol motifs (C(OH)–C–C–N with tert-alkyl or cyclic N) is 1. The lowest BCUT2D eigenvalue weighted by molar-refractivity contribution is -0.124. The molecule has 2 saturated heterocycles. The van der Waals surface area contributed by atoms with Crippen LogP contribution in [0.25, 0.3) is 0 Å². The first-order valence-electron chi connectivity index (χ1n) is 10.9. The maximum absolute atomic E-state index is 11.9. The van der Waals surface area contributed by atoms with E-state index < -0.39 is 0 Å². The fraction of sp³-hybridized carbons (Fsp3) is 0.591. The average molecular weight is 411 g/mol. The molecule has 0 bridgehead atoms. The molecule has 4 atom stereocenters. The Morgan fingerprint density at radius 3 is 2.87 bits per heavy atom. The Bertz CT molecular complexity index is 902. The normalized spacial score (nSPS) is 31.9. The van der Waals surface area contributed by atoms with Gasteiger partial charge in [-0.25, -0.2) is 9.67 Å². The van der Waals surface area contributed by atoms with E-state index in [1.807, 2.05) is 10.7 Å². The first-order valence-corrected chi connectivity index (χ1v) is 10.9. The third-order valence-electron chi connectivity index (χ3n) is 7.20. The van der Waals surface area contributed by atoms with Crippen LogP contribution in [0.3, 0.4) is 0 Å². The van der Waals surface area contributed by atoms with Crippen LogP contribution in [-0.4, -0.2) is 81.0 Å². The van der Waals surface area contributed by atoms with Gasteiger partial charge in [0.1, 0.15) is 12.2 Å². The largest absolute Gasteiger partial charge is 0.391 e. The summed E-state index contributed by atoms with van der Waals surface area (Å²) in [5, 5.41) is 18.4. The number of likely N-dealkylation sites (tertiary alicyclic amines) is 1. The summed E-state index contributed by atoms with van der Waals surface area (Å²) >= 11 is 0. The van der Waals surface area contributed by atoms with Crippen LogP contribution >= 0.6 is 0 Å². The van der Waals surface area contributed by atoms with Crippen LogP contribution in [-0.2, 0) is 17.9 Å². The molecule has 8 heteroatoms. The van der Waals surface area contributed by atoms with E-state index in [9.17, 15) is 9.90 Å². The second-order valence-corrected chi connectivity index (χ2v) is 8.87. The van der Waals surface area contributed by atoms with Gasteiger partial charge in [-0.1, -0.05) is 30.3 Å². The van der Waals surface area contributed by atoms with Crippen molar-refractivity contribution in [1.82, 2.24) is 29.9 Å². The van der Waals surface area contributed by atoms with Gasteiger partial charge < -0.3 is 10.4 Å². The number of piperazine rings is 1. The lowest BCUT2D eigenvalue weighted by Gasteiger charge is -2.27. The van der Waals surface area contributed by atoms with Crippen molar-refractivity contribution in [1.29, 1.82) is 0 Å². The van der Waals surface area contributed by atoms with Gasteiger partial charge in [0, 0.05) is 44.7 Å². The second kappa shape index (κ2) is 7.76. The molecule has 5 rings (SSSR count). The number of benzene rings is 1. The van der Waals surface area contributed by atoms with Crippen molar-refractivity contribution in [2.24, 2.45) is 11.3 Å². The van der Waals surface area contributed by atoms with Gasteiger partial charge in [0.25, 0.3) is 0 Å². The number of carbonyl (C=O) groups is 1. The van der Waals surface area contributed by atoms with Crippen LogP contribution in [0, 0.1) is 11.3 Å². The molecule has 1 spiro atoms. The Kier molecular flexibility index (Phi) is 5.08. The summed E-state index contributed by atoms with van der Waals surface area (Å²) in [6.07, 6.45) is 1.22. The highest BCUT2D eigenvalue weighted by Gasteiger charge is 2.71. The molecule has 2 aromatic rings. The average Bonchev–Trinajstić information content (AvgIpc) is 3.00. The fourth-order valence-electron chi connectivity index (χ4n) is 5.78. The monoisotopic (exact) mass is 410 g/mol. The lowest BCUT2D eigenvalue weighted by atomic mass is 9.95. The summed E-state index contributed by atoms with van der Waals surface area (Å²) in [7, 11) is 0. The van der Waals surface area contributed by atoms with E-state index in [4.69, 9.17) is 0 Å². The molecule has 2 N–H and O–H groups in total. The molecule has 160 valence electrons. The number of hydrogen-bond donors (Lipinski definition) is 2. The number of aliphatic hydroxyl groups is 1. The van der Waals surface area contributed by atoms with E-state index >= 15 is 0 Å². The van der Waals surface area contributed by atoms with Crippen molar-refractivity contribution in [3.05, 3.63) is 48.0 Å². The van der Waals surface area contributed by atoms with E-state index in [1.54, 1.807) is 6.33 Å². The zero-order valence-corrected chi connectivity index (χ0v) is 17.4. The zero-order valence-electron chi connectivity index (χ0n) is 17.4. The van der Waals surface area contributed by atoms with Gasteiger partial charge in [0.05, 0.1) is 19.2 Å². The molecule has 3 aliphatic rings. The summed E-state index contributed by atoms with van der Waals surface area (Å²) in [6.45, 7) is 7.93. The number of hydrogen-bond acceptors (Lipinski definition) is 6. The van der Waals surface area contributed by atoms with Gasteiger partial charge in [-0.15, -0.1) is 0 Å². The molecule has 30 heavy (non-hydrogen) atoms. The number of aromatic nitrogens is 3. The highest BCUT2D eigenvalue weighted by molar-refractivity contribution is 5.78. The SMILES string of the molecule is CCn1ncnc1CN1C[C@@H](O)[C@@]2(C1)[C@H](CN1CCNC(=O)C1)[C@H]2c1ccccc1. The van der Waals surface area contributed by atoms with Gasteiger partial charge in [-0.2, -0.15) is 5.10 Å². The number of nitrogens with one attached hydrogen (secondary N) is 1. The summed E-state index contributed by atoms with van der Waals surface area (Å²) in [5.41, 5.74) is 1.13. The minimum absolute atomic E-state index is 0.0970. The van der Waals surface area contributed by atoms with E-state index in [1.165, 1.54) is 5.56 Å². The zero-order chi connectivity index (χ0) is 20.7. The number of carbonyl (C=O) groups excluding carboxylic acids is 1. The molecule has 3 fully saturated rings. The van der Waals surface area contributed by atoms with Crippen LogP contribution in [0.2, 0.25) is 0 Å². The highest BCUT2D eigenvalue weighted by atomic mass is 16.3. The van der Waals surface area contributed by atoms with Gasteiger partial charge >= 0.3 is 0 Å². The third-order valence-corrected chi connectivity index (χ3v) is 7.20. The molecular weight excluding hydrogens is 380 g/mol. The van der Waals surface area contributed by atoms with E-state index in [0.29, 0.717) is 38.0 Å². The summed E-state index contributed by atoms with van der Waals surface area (Å²) < 4.78 is 1.92. The van der Waals surface area contributed by atoms with Gasteiger partial charge in [-0.3, -0.25) is 14.6 Å². The van der Waals surface area contributed by atoms with Crippen LogP contribution in [0.4, 0.5) is 0 Å². The van der Waals surface area contributed by atoms with Crippen molar-refractivity contribution in [3.8, 4) is 0 Å². The smallest absolute Gasteiger partial charge is 0.234 e. The number of aryl methyl sites for hydroxylation is 1. The lowest BCUT2D eigenvalue weighted by Crippen LogP contribution is -2.48. The molecule has 2 aliphatic heterocycles. The Balaban J connectivity index is 1.37. The van der Waals surface area contributed by atoms with E-state index in [2.05, 4.69) is 56.4 Å². The van der Waals surface area contributed by atoms with Crippen molar-refractivity contribution < 1.29 is 9.90 Å². The summed E-state index contributed by atoms with van der Waals surface area (Å²) in [5.74, 6) is 1.70. The second-order valence-electron chi connectivity index (χ2n) is 8.87. The molecule has 0 unspecified atom stereocenters. The highest BCUT2D eigenvalue weighted by Crippen LogP contribution is 2.69. The minimum Gasteiger partial charge on any atom is -0.391 e. The Labute approximate surface area is 176 Å². The molecule has 1 aliphatic carbocycles. The van der Waals surface area contributed by atoms with Gasteiger partial charge in [-0.05, 0) is 24.3 Å². The molecule has 1 amide bonds. The van der Waals surface area contributed by atoms with Crippen LogP contribution < -0.4 is 5.32 Å². The predicted octanol–water partition coefficient (Wildman–Crippen LogP) is 0.306. The standard InChI is InChI=1S/C22H30N6O2/c1-2-28-19(24-15-25-28)12-27-11-18(29)22(14-27)17(10-26-9-8-23-20(30)13-26)21(22)16-6-4-3-5-7-16/h3-7,15,17-18,21,29H,2,8-14H2,1H3,(H,23,30)/t17-,18-,21-,22-/m1/s1. The first-order chi connectivity index (χ1) is 14.6. The van der Waals surface area contributed by atoms with Crippen LogP contribution in [0.1, 0.15) is 24.2 Å². The van der Waals surface area contributed by atoms with Gasteiger partial charge in [0.15, 0.2) is 0 Å². The number of aliphatic hydroxyl groups excluding tert-OH is 1. The summed E-state index contributed by atoms with van der Waals surface area (Å²) in [4.78, 5) is 20.9. The van der Waals surface area contributed by atoms with Crippen molar-refractivity contribution in [2.45, 2.75) is 32.0 Å². The first kappa shape index (κ1) is 19.7. The van der Waals surface area contributed by atoms with Crippen LogP contribution in [0.5, 0.6) is 0 Å². The predicted molar refractivity (Wildman–Crippen MR) is 112 cm³/mol. The van der Waals surface area contributed by atoms with Crippen molar-refractivity contribution in [2.75, 3.05) is 39.3 Å². The van der Waals surface area contributed by atoms with E-state index in [0.717, 1.165) is 32.0 Å². The van der Waals surface area contributed by atoms with Crippen molar-refractivity contribution in [3.63, 3.8) is 0 Å². The Hall–Kier alpha value is -2.29. The third kappa shape index (κ3) is 3.33. The fourth-order valence-corrected chi connectivity index (χ4v) is 5.78. The maximum atomic E-state index is 11.9. The van der Waals surface area contributed by atoms with Gasteiger partial charge in [0.2, 0.25) is 5.91 Å². The number of nitrogens with zero attached hydrogens (tertiary/aromatic N) is 5.